The Morgan fingerprint density at radius 3 is 2.53 bits per heavy atom. The smallest absolute Gasteiger partial charge is 0.319 e. The van der Waals surface area contributed by atoms with E-state index in [2.05, 4.69) is 12.1 Å². The molecule has 1 aromatic carbocycles. The van der Waals surface area contributed by atoms with Crippen molar-refractivity contribution in [2.24, 2.45) is 23.0 Å². The van der Waals surface area contributed by atoms with Crippen molar-refractivity contribution in [2.45, 2.75) is 25.7 Å². The van der Waals surface area contributed by atoms with Crippen LogP contribution in [0.3, 0.4) is 0 Å². The van der Waals surface area contributed by atoms with Crippen LogP contribution < -0.4 is 5.73 Å². The van der Waals surface area contributed by atoms with Gasteiger partial charge in [-0.05, 0) is 48.6 Å². The van der Waals surface area contributed by atoms with E-state index >= 15 is 0 Å². The zero-order valence-electron chi connectivity index (χ0n) is 10.6. The zero-order chi connectivity index (χ0) is 13.6. The lowest BCUT2D eigenvalue weighted by Gasteiger charge is -2.25. The van der Waals surface area contributed by atoms with Gasteiger partial charge in [0.05, 0.1) is 0 Å². The number of benzene rings is 1. The first-order valence-electron chi connectivity index (χ1n) is 6.66. The van der Waals surface area contributed by atoms with Gasteiger partial charge in [-0.15, -0.1) is 0 Å². The van der Waals surface area contributed by atoms with Gasteiger partial charge in [0.25, 0.3) is 0 Å². The summed E-state index contributed by atoms with van der Waals surface area (Å²) in [6.07, 6.45) is 3.18. The number of carbonyl (C=O) groups excluding carboxylic acids is 1. The fourth-order valence-electron chi connectivity index (χ4n) is 3.56. The molecule has 1 fully saturated rings. The van der Waals surface area contributed by atoms with Gasteiger partial charge in [-0.1, -0.05) is 24.3 Å². The number of amides is 1. The minimum atomic E-state index is -1.29. The van der Waals surface area contributed by atoms with Crippen LogP contribution in [-0.4, -0.2) is 17.0 Å². The van der Waals surface area contributed by atoms with Gasteiger partial charge in [-0.3, -0.25) is 9.59 Å². The molecule has 100 valence electrons. The normalized spacial score (nSPS) is 32.4. The third-order valence-electron chi connectivity index (χ3n) is 4.79. The maximum absolute atomic E-state index is 11.5. The van der Waals surface area contributed by atoms with Crippen molar-refractivity contribution >= 4 is 11.9 Å². The van der Waals surface area contributed by atoms with E-state index in [-0.39, 0.29) is 11.8 Å². The Hall–Kier alpha value is -1.84. The predicted octanol–water partition coefficient (Wildman–Crippen LogP) is 1.37. The molecular weight excluding hydrogens is 242 g/mol. The largest absolute Gasteiger partial charge is 0.480 e. The Balaban J connectivity index is 1.81. The molecular formula is C15H17NO3. The minimum absolute atomic E-state index is 0.0872. The van der Waals surface area contributed by atoms with E-state index in [0.717, 1.165) is 19.3 Å². The maximum atomic E-state index is 11.5. The first-order chi connectivity index (χ1) is 9.05. The number of hydrogen-bond donors (Lipinski definition) is 2. The first-order valence-corrected chi connectivity index (χ1v) is 6.66. The van der Waals surface area contributed by atoms with Crippen molar-refractivity contribution in [3.8, 4) is 0 Å². The standard InChI is InChI=1S/C15H17NO3/c16-13(17)15(14(18)19)8-12(15)11-6-5-9-3-1-2-4-10(9)7-11/h1-4,11-12H,5-8H2,(H2,16,17)(H,18,19). The molecule has 3 N–H and O–H groups in total. The van der Waals surface area contributed by atoms with Gasteiger partial charge in [0.15, 0.2) is 0 Å². The molecule has 19 heavy (non-hydrogen) atoms. The average molecular weight is 259 g/mol. The molecule has 0 saturated heterocycles. The molecule has 3 atom stereocenters. The lowest BCUT2D eigenvalue weighted by molar-refractivity contribution is -0.149. The second-order valence-corrected chi connectivity index (χ2v) is 5.72. The summed E-state index contributed by atoms with van der Waals surface area (Å²) in [5, 5.41) is 9.27. The summed E-state index contributed by atoms with van der Waals surface area (Å²) in [7, 11) is 0. The summed E-state index contributed by atoms with van der Waals surface area (Å²) in [5.74, 6) is -1.55. The van der Waals surface area contributed by atoms with Crippen molar-refractivity contribution in [2.75, 3.05) is 0 Å². The molecule has 1 amide bonds. The summed E-state index contributed by atoms with van der Waals surface area (Å²) in [5.41, 5.74) is 6.64. The minimum Gasteiger partial charge on any atom is -0.480 e. The number of aryl methyl sites for hydroxylation is 1. The van der Waals surface area contributed by atoms with E-state index in [1.165, 1.54) is 11.1 Å². The van der Waals surface area contributed by atoms with E-state index in [1.54, 1.807) is 0 Å². The van der Waals surface area contributed by atoms with Crippen LogP contribution in [0.1, 0.15) is 24.0 Å². The predicted molar refractivity (Wildman–Crippen MR) is 69.3 cm³/mol. The SMILES string of the molecule is NC(=O)C1(C(=O)O)CC1C1CCc2ccccc2C1. The Morgan fingerprint density at radius 1 is 1.26 bits per heavy atom. The Morgan fingerprint density at radius 2 is 1.95 bits per heavy atom. The fourth-order valence-corrected chi connectivity index (χ4v) is 3.56. The highest BCUT2D eigenvalue weighted by atomic mass is 16.4. The number of carbonyl (C=O) groups is 2. The number of carboxylic acid groups (broad SMARTS) is 1. The third kappa shape index (κ3) is 1.74. The summed E-state index contributed by atoms with van der Waals surface area (Å²) < 4.78 is 0. The van der Waals surface area contributed by atoms with E-state index < -0.39 is 17.3 Å². The van der Waals surface area contributed by atoms with Gasteiger partial charge in [-0.25, -0.2) is 0 Å². The fraction of sp³-hybridized carbons (Fsp3) is 0.467. The van der Waals surface area contributed by atoms with Crippen LogP contribution in [0.25, 0.3) is 0 Å². The van der Waals surface area contributed by atoms with E-state index in [4.69, 9.17) is 5.73 Å². The second kappa shape index (κ2) is 4.08. The monoisotopic (exact) mass is 259 g/mol. The van der Waals surface area contributed by atoms with Crippen LogP contribution >= 0.6 is 0 Å². The Kier molecular flexibility index (Phi) is 2.62. The molecule has 1 aromatic rings. The molecule has 0 bridgehead atoms. The number of carboxylic acids is 1. The van der Waals surface area contributed by atoms with Crippen LogP contribution in [0.2, 0.25) is 0 Å². The van der Waals surface area contributed by atoms with Crippen LogP contribution in [0.15, 0.2) is 24.3 Å². The van der Waals surface area contributed by atoms with Crippen LogP contribution in [0.4, 0.5) is 0 Å². The number of rotatable bonds is 3. The molecule has 0 radical (unpaired) electrons. The maximum Gasteiger partial charge on any atom is 0.319 e. The molecule has 1 saturated carbocycles. The highest BCUT2D eigenvalue weighted by molar-refractivity contribution is 6.04. The van der Waals surface area contributed by atoms with Crippen molar-refractivity contribution in [1.29, 1.82) is 0 Å². The van der Waals surface area contributed by atoms with Crippen molar-refractivity contribution in [3.05, 3.63) is 35.4 Å². The molecule has 0 aromatic heterocycles. The molecule has 4 nitrogen and oxygen atoms in total. The molecule has 2 aliphatic rings. The first kappa shape index (κ1) is 12.2. The van der Waals surface area contributed by atoms with Gasteiger partial charge in [-0.2, -0.15) is 0 Å². The average Bonchev–Trinajstić information content (AvgIpc) is 3.15. The second-order valence-electron chi connectivity index (χ2n) is 5.72. The van der Waals surface area contributed by atoms with Gasteiger partial charge in [0, 0.05) is 0 Å². The number of hydrogen-bond acceptors (Lipinski definition) is 2. The highest BCUT2D eigenvalue weighted by Crippen LogP contribution is 2.58. The zero-order valence-corrected chi connectivity index (χ0v) is 10.6. The highest BCUT2D eigenvalue weighted by Gasteiger charge is 2.67. The van der Waals surface area contributed by atoms with Crippen LogP contribution in [0, 0.1) is 17.3 Å². The lowest BCUT2D eigenvalue weighted by atomic mass is 9.79. The lowest BCUT2D eigenvalue weighted by Crippen LogP contribution is -2.36. The van der Waals surface area contributed by atoms with E-state index in [9.17, 15) is 14.7 Å². The van der Waals surface area contributed by atoms with Gasteiger partial charge in [0.1, 0.15) is 5.41 Å². The van der Waals surface area contributed by atoms with Crippen LogP contribution in [-0.2, 0) is 22.4 Å². The number of primary amides is 1. The van der Waals surface area contributed by atoms with Gasteiger partial charge >= 0.3 is 5.97 Å². The molecule has 3 rings (SSSR count). The molecule has 3 unspecified atom stereocenters. The quantitative estimate of drug-likeness (QED) is 0.804. The van der Waals surface area contributed by atoms with Crippen molar-refractivity contribution in [3.63, 3.8) is 0 Å². The van der Waals surface area contributed by atoms with Crippen LogP contribution in [0.5, 0.6) is 0 Å². The summed E-state index contributed by atoms with van der Waals surface area (Å²) >= 11 is 0. The molecule has 0 heterocycles. The molecule has 2 aliphatic carbocycles. The summed E-state index contributed by atoms with van der Waals surface area (Å²) in [6.45, 7) is 0. The summed E-state index contributed by atoms with van der Waals surface area (Å²) in [6, 6.07) is 8.25. The van der Waals surface area contributed by atoms with E-state index in [1.807, 2.05) is 12.1 Å². The number of fused-ring (bicyclic) bond motifs is 1. The van der Waals surface area contributed by atoms with Crippen molar-refractivity contribution in [1.82, 2.24) is 0 Å². The van der Waals surface area contributed by atoms with Crippen molar-refractivity contribution < 1.29 is 14.7 Å². The molecule has 4 heteroatoms. The molecule has 0 aliphatic heterocycles. The Labute approximate surface area is 111 Å². The molecule has 0 spiro atoms. The third-order valence-corrected chi connectivity index (χ3v) is 4.79. The number of nitrogens with two attached hydrogens (primary N) is 1. The van der Waals surface area contributed by atoms with Gasteiger partial charge < -0.3 is 10.8 Å². The number of aliphatic carboxylic acids is 1. The van der Waals surface area contributed by atoms with E-state index in [0.29, 0.717) is 6.42 Å². The Bertz CT molecular complexity index is 538. The summed E-state index contributed by atoms with van der Waals surface area (Å²) in [4.78, 5) is 22.8. The topological polar surface area (TPSA) is 80.4 Å². The van der Waals surface area contributed by atoms with Gasteiger partial charge in [0.2, 0.25) is 5.91 Å².